The van der Waals surface area contributed by atoms with Crippen LogP contribution in [-0.4, -0.2) is 20.7 Å². The van der Waals surface area contributed by atoms with E-state index in [-0.39, 0.29) is 5.91 Å². The predicted molar refractivity (Wildman–Crippen MR) is 147 cm³/mol. The van der Waals surface area contributed by atoms with Crippen molar-refractivity contribution in [2.75, 3.05) is 5.32 Å². The van der Waals surface area contributed by atoms with Crippen LogP contribution in [0.15, 0.2) is 79.0 Å². The summed E-state index contributed by atoms with van der Waals surface area (Å²) in [4.78, 5) is 18.3. The summed E-state index contributed by atoms with van der Waals surface area (Å²) in [6, 6.07) is 23.4. The van der Waals surface area contributed by atoms with Crippen LogP contribution in [0.3, 0.4) is 0 Å². The van der Waals surface area contributed by atoms with Gasteiger partial charge in [-0.2, -0.15) is 5.10 Å². The molecule has 0 radical (unpaired) electrons. The van der Waals surface area contributed by atoms with E-state index in [1.54, 1.807) is 0 Å². The zero-order valence-corrected chi connectivity index (χ0v) is 21.5. The Morgan fingerprint density at radius 2 is 1.72 bits per heavy atom. The molecule has 0 spiro atoms. The molecule has 0 fully saturated rings. The van der Waals surface area contributed by atoms with Crippen molar-refractivity contribution in [2.24, 2.45) is 0 Å². The maximum Gasteiger partial charge on any atom is 0.256 e. The van der Waals surface area contributed by atoms with Gasteiger partial charge < -0.3 is 5.32 Å². The summed E-state index contributed by atoms with van der Waals surface area (Å²) in [5, 5.41) is 9.06. The first kappa shape index (κ1) is 23.8. The van der Waals surface area contributed by atoms with Crippen molar-refractivity contribution >= 4 is 34.1 Å². The molecule has 0 saturated carbocycles. The van der Waals surface area contributed by atoms with Gasteiger partial charge in [0.05, 0.1) is 34.4 Å². The SMILES string of the molecule is Cc1c(Cl)cccc1NC(=O)c1cc(-c2cnn(-c3ccc(C(C)C)cc3)c2C)nc2ccccc12. The van der Waals surface area contributed by atoms with Crippen LogP contribution in [-0.2, 0) is 0 Å². The van der Waals surface area contributed by atoms with Crippen molar-refractivity contribution in [3.8, 4) is 16.9 Å². The van der Waals surface area contributed by atoms with E-state index in [1.165, 1.54) is 5.56 Å². The van der Waals surface area contributed by atoms with Gasteiger partial charge in [0.1, 0.15) is 0 Å². The third-order valence-electron chi connectivity index (χ3n) is 6.57. The molecule has 5 nitrogen and oxygen atoms in total. The Labute approximate surface area is 215 Å². The smallest absolute Gasteiger partial charge is 0.256 e. The van der Waals surface area contributed by atoms with Crippen LogP contribution in [0.5, 0.6) is 0 Å². The van der Waals surface area contributed by atoms with Crippen LogP contribution in [0.4, 0.5) is 5.69 Å². The predicted octanol–water partition coefficient (Wildman–Crippen LogP) is 7.73. The molecule has 0 unspecified atom stereocenters. The van der Waals surface area contributed by atoms with Crippen molar-refractivity contribution in [2.45, 2.75) is 33.6 Å². The monoisotopic (exact) mass is 494 g/mol. The highest BCUT2D eigenvalue weighted by molar-refractivity contribution is 6.31. The van der Waals surface area contributed by atoms with Crippen LogP contribution in [0.25, 0.3) is 27.8 Å². The minimum absolute atomic E-state index is 0.213. The number of halogens is 1. The Hall–Kier alpha value is -3.96. The van der Waals surface area contributed by atoms with E-state index < -0.39 is 0 Å². The number of hydrogen-bond donors (Lipinski definition) is 1. The lowest BCUT2D eigenvalue weighted by molar-refractivity contribution is 0.102. The van der Waals surface area contributed by atoms with E-state index >= 15 is 0 Å². The number of fused-ring (bicyclic) bond motifs is 1. The minimum Gasteiger partial charge on any atom is -0.322 e. The Balaban J connectivity index is 1.57. The van der Waals surface area contributed by atoms with Crippen molar-refractivity contribution in [1.29, 1.82) is 0 Å². The number of amides is 1. The quantitative estimate of drug-likeness (QED) is 0.272. The van der Waals surface area contributed by atoms with Gasteiger partial charge in [-0.3, -0.25) is 4.79 Å². The molecule has 1 N–H and O–H groups in total. The third kappa shape index (κ3) is 4.38. The molecule has 0 saturated heterocycles. The Kier molecular flexibility index (Phi) is 6.33. The summed E-state index contributed by atoms with van der Waals surface area (Å²) >= 11 is 6.27. The van der Waals surface area contributed by atoms with E-state index in [9.17, 15) is 4.79 Å². The van der Waals surface area contributed by atoms with Crippen molar-refractivity contribution < 1.29 is 4.79 Å². The van der Waals surface area contributed by atoms with E-state index in [2.05, 4.69) is 48.5 Å². The number of nitrogens with zero attached hydrogens (tertiary/aromatic N) is 3. The van der Waals surface area contributed by atoms with Crippen LogP contribution in [0.1, 0.15) is 46.9 Å². The highest BCUT2D eigenvalue weighted by Crippen LogP contribution is 2.30. The summed E-state index contributed by atoms with van der Waals surface area (Å²) in [6.45, 7) is 8.27. The number of rotatable bonds is 5. The molecule has 3 aromatic carbocycles. The molecule has 0 aliphatic carbocycles. The van der Waals surface area contributed by atoms with Gasteiger partial charge in [0, 0.05) is 21.7 Å². The highest BCUT2D eigenvalue weighted by Gasteiger charge is 2.18. The van der Waals surface area contributed by atoms with Gasteiger partial charge in [-0.05, 0) is 67.3 Å². The second-order valence-electron chi connectivity index (χ2n) is 9.24. The molecule has 5 aromatic rings. The standard InChI is InChI=1S/C30H27ClN4O/c1-18(2)21-12-14-22(15-13-21)35-20(4)25(17-32-35)29-16-24(23-8-5-6-10-28(23)33-29)30(36)34-27-11-7-9-26(31)19(27)3/h5-18H,1-4H3,(H,34,36). The molecule has 6 heteroatoms. The van der Waals surface area contributed by atoms with Gasteiger partial charge in [0.15, 0.2) is 0 Å². The number of hydrogen-bond acceptors (Lipinski definition) is 3. The molecule has 180 valence electrons. The average Bonchev–Trinajstić information content (AvgIpc) is 3.27. The molecule has 0 atom stereocenters. The summed E-state index contributed by atoms with van der Waals surface area (Å²) < 4.78 is 1.91. The largest absolute Gasteiger partial charge is 0.322 e. The maximum absolute atomic E-state index is 13.5. The number of carbonyl (C=O) groups excluding carboxylic acids is 1. The number of aromatic nitrogens is 3. The van der Waals surface area contributed by atoms with Crippen LogP contribution >= 0.6 is 11.6 Å². The first-order valence-electron chi connectivity index (χ1n) is 11.9. The zero-order valence-electron chi connectivity index (χ0n) is 20.7. The molecular formula is C30H27ClN4O. The maximum atomic E-state index is 13.5. The highest BCUT2D eigenvalue weighted by atomic mass is 35.5. The van der Waals surface area contributed by atoms with Crippen LogP contribution in [0, 0.1) is 13.8 Å². The average molecular weight is 495 g/mol. The molecule has 0 aliphatic heterocycles. The number of pyridine rings is 1. The molecule has 36 heavy (non-hydrogen) atoms. The van der Waals surface area contributed by atoms with Crippen molar-refractivity contribution in [3.05, 3.63) is 106 Å². The first-order chi connectivity index (χ1) is 17.3. The topological polar surface area (TPSA) is 59.8 Å². The van der Waals surface area contributed by atoms with Gasteiger partial charge in [-0.25, -0.2) is 9.67 Å². The lowest BCUT2D eigenvalue weighted by atomic mass is 10.0. The molecule has 2 aromatic heterocycles. The van der Waals surface area contributed by atoms with E-state index in [0.29, 0.717) is 27.9 Å². The van der Waals surface area contributed by atoms with Crippen molar-refractivity contribution in [3.63, 3.8) is 0 Å². The molecular weight excluding hydrogens is 468 g/mol. The normalized spacial score (nSPS) is 11.3. The number of benzene rings is 3. The van der Waals surface area contributed by atoms with Crippen molar-refractivity contribution in [1.82, 2.24) is 14.8 Å². The van der Waals surface area contributed by atoms with Gasteiger partial charge in [0.25, 0.3) is 5.91 Å². The summed E-state index contributed by atoms with van der Waals surface area (Å²) in [5.74, 6) is 0.255. The fourth-order valence-corrected chi connectivity index (χ4v) is 4.53. The van der Waals surface area contributed by atoms with Gasteiger partial charge in [-0.1, -0.05) is 61.8 Å². The van der Waals surface area contributed by atoms with E-state index in [1.807, 2.05) is 73.3 Å². The molecule has 5 rings (SSSR count). The first-order valence-corrected chi connectivity index (χ1v) is 12.3. The van der Waals surface area contributed by atoms with E-state index in [0.717, 1.165) is 33.4 Å². The molecule has 2 heterocycles. The lowest BCUT2D eigenvalue weighted by Crippen LogP contribution is -2.14. The number of anilines is 1. The minimum atomic E-state index is -0.213. The zero-order chi connectivity index (χ0) is 25.4. The Morgan fingerprint density at radius 3 is 2.47 bits per heavy atom. The summed E-state index contributed by atoms with van der Waals surface area (Å²) in [5.41, 5.74) is 7.59. The van der Waals surface area contributed by atoms with Gasteiger partial charge in [0.2, 0.25) is 0 Å². The third-order valence-corrected chi connectivity index (χ3v) is 6.98. The lowest BCUT2D eigenvalue weighted by Gasteiger charge is -2.13. The van der Waals surface area contributed by atoms with Crippen LogP contribution in [0.2, 0.25) is 5.02 Å². The molecule has 1 amide bonds. The second kappa shape index (κ2) is 9.59. The molecule has 0 bridgehead atoms. The van der Waals surface area contributed by atoms with E-state index in [4.69, 9.17) is 16.6 Å². The fourth-order valence-electron chi connectivity index (χ4n) is 4.36. The van der Waals surface area contributed by atoms with Gasteiger partial charge >= 0.3 is 0 Å². The Morgan fingerprint density at radius 1 is 0.972 bits per heavy atom. The second-order valence-corrected chi connectivity index (χ2v) is 9.65. The number of para-hydroxylation sites is 1. The molecule has 0 aliphatic rings. The number of nitrogens with one attached hydrogen (secondary N) is 1. The number of carbonyl (C=O) groups is 1. The fraction of sp³-hybridized carbons (Fsp3) is 0.167. The van der Waals surface area contributed by atoms with Crippen LogP contribution < -0.4 is 5.32 Å². The Bertz CT molecular complexity index is 1590. The van der Waals surface area contributed by atoms with Gasteiger partial charge in [-0.15, -0.1) is 0 Å². The summed E-state index contributed by atoms with van der Waals surface area (Å²) in [7, 11) is 0. The summed E-state index contributed by atoms with van der Waals surface area (Å²) in [6.07, 6.45) is 1.81.